The standard InChI is InChI=1S/C13H20N2O4S2/c1-10-7-13(4-3-12(10)8-14)21(18,19)15-5-6-20(16,17)9-11(15)2/h3-4,7,11H,5-6,8-9,14H2,1-2H3. The third-order valence-electron chi connectivity index (χ3n) is 3.75. The van der Waals surface area contributed by atoms with Crippen LogP contribution in [0.25, 0.3) is 0 Å². The average molecular weight is 332 g/mol. The minimum absolute atomic E-state index is 0.00349. The lowest BCUT2D eigenvalue weighted by atomic mass is 10.1. The van der Waals surface area contributed by atoms with Crippen molar-refractivity contribution < 1.29 is 16.8 Å². The maximum atomic E-state index is 12.7. The molecule has 0 saturated carbocycles. The molecule has 118 valence electrons. The molecule has 1 atom stereocenters. The Hall–Kier alpha value is -0.960. The smallest absolute Gasteiger partial charge is 0.243 e. The maximum Gasteiger partial charge on any atom is 0.243 e. The monoisotopic (exact) mass is 332 g/mol. The fraction of sp³-hybridized carbons (Fsp3) is 0.538. The SMILES string of the molecule is Cc1cc(S(=O)(=O)N2CCS(=O)(=O)CC2C)ccc1CN. The molecule has 0 aromatic heterocycles. The van der Waals surface area contributed by atoms with E-state index in [0.717, 1.165) is 11.1 Å². The molecule has 1 fully saturated rings. The molecule has 0 bridgehead atoms. The van der Waals surface area contributed by atoms with Gasteiger partial charge in [0.1, 0.15) is 0 Å². The molecule has 1 aromatic rings. The second kappa shape index (κ2) is 5.68. The molecule has 0 radical (unpaired) electrons. The Morgan fingerprint density at radius 1 is 1.38 bits per heavy atom. The van der Waals surface area contributed by atoms with E-state index in [9.17, 15) is 16.8 Å². The molecule has 1 aromatic carbocycles. The Kier molecular flexibility index (Phi) is 4.44. The third kappa shape index (κ3) is 3.28. The minimum atomic E-state index is -3.68. The summed E-state index contributed by atoms with van der Waals surface area (Å²) in [6.07, 6.45) is 0. The van der Waals surface area contributed by atoms with Crippen molar-refractivity contribution in [2.24, 2.45) is 5.73 Å². The number of rotatable bonds is 3. The first-order valence-corrected chi connectivity index (χ1v) is 9.95. The van der Waals surface area contributed by atoms with Crippen LogP contribution in [-0.4, -0.2) is 45.2 Å². The second-order valence-corrected chi connectivity index (χ2v) is 9.49. The molecular formula is C13H20N2O4S2. The number of benzene rings is 1. The van der Waals surface area contributed by atoms with E-state index in [2.05, 4.69) is 0 Å². The lowest BCUT2D eigenvalue weighted by molar-refractivity contribution is 0.357. The predicted molar refractivity (Wildman–Crippen MR) is 81.1 cm³/mol. The number of nitrogens with zero attached hydrogens (tertiary/aromatic N) is 1. The predicted octanol–water partition coefficient (Wildman–Crippen LogP) is 0.261. The van der Waals surface area contributed by atoms with Gasteiger partial charge in [0.05, 0.1) is 16.4 Å². The molecule has 0 aliphatic carbocycles. The van der Waals surface area contributed by atoms with Gasteiger partial charge in [-0.25, -0.2) is 16.8 Å². The van der Waals surface area contributed by atoms with E-state index in [4.69, 9.17) is 5.73 Å². The van der Waals surface area contributed by atoms with Crippen LogP contribution < -0.4 is 5.73 Å². The first kappa shape index (κ1) is 16.4. The molecule has 1 heterocycles. The lowest BCUT2D eigenvalue weighted by Crippen LogP contribution is -2.49. The van der Waals surface area contributed by atoms with Crippen molar-refractivity contribution in [2.45, 2.75) is 31.3 Å². The highest BCUT2D eigenvalue weighted by atomic mass is 32.2. The zero-order valence-electron chi connectivity index (χ0n) is 12.1. The first-order valence-electron chi connectivity index (χ1n) is 6.69. The van der Waals surface area contributed by atoms with Gasteiger partial charge in [0.15, 0.2) is 9.84 Å². The van der Waals surface area contributed by atoms with Crippen molar-refractivity contribution in [3.8, 4) is 0 Å². The molecule has 1 unspecified atom stereocenters. The molecule has 8 heteroatoms. The Morgan fingerprint density at radius 3 is 2.57 bits per heavy atom. The third-order valence-corrected chi connectivity index (χ3v) is 7.55. The first-order chi connectivity index (χ1) is 9.67. The molecule has 0 spiro atoms. The van der Waals surface area contributed by atoms with Crippen LogP contribution in [0.15, 0.2) is 23.1 Å². The number of hydrogen-bond donors (Lipinski definition) is 1. The molecule has 0 amide bonds. The van der Waals surface area contributed by atoms with Gasteiger partial charge in [-0.1, -0.05) is 6.07 Å². The average Bonchev–Trinajstić information content (AvgIpc) is 2.36. The van der Waals surface area contributed by atoms with Gasteiger partial charge in [-0.15, -0.1) is 0 Å². The van der Waals surface area contributed by atoms with E-state index in [1.54, 1.807) is 19.1 Å². The molecule has 1 saturated heterocycles. The van der Waals surface area contributed by atoms with Crippen LogP contribution in [0.1, 0.15) is 18.1 Å². The van der Waals surface area contributed by atoms with Gasteiger partial charge in [0.25, 0.3) is 0 Å². The summed E-state index contributed by atoms with van der Waals surface area (Å²) in [5.74, 6) is -0.261. The second-order valence-electron chi connectivity index (χ2n) is 5.37. The van der Waals surface area contributed by atoms with Gasteiger partial charge in [0, 0.05) is 19.1 Å². The van der Waals surface area contributed by atoms with Crippen LogP contribution in [0.5, 0.6) is 0 Å². The summed E-state index contributed by atoms with van der Waals surface area (Å²) in [6, 6.07) is 4.27. The normalized spacial score (nSPS) is 23.1. The van der Waals surface area contributed by atoms with Crippen molar-refractivity contribution in [1.82, 2.24) is 4.31 Å². The van der Waals surface area contributed by atoms with Crippen LogP contribution in [0.3, 0.4) is 0 Å². The molecule has 2 N–H and O–H groups in total. The highest BCUT2D eigenvalue weighted by Crippen LogP contribution is 2.24. The highest BCUT2D eigenvalue weighted by molar-refractivity contribution is 7.92. The summed E-state index contributed by atoms with van der Waals surface area (Å²) in [4.78, 5) is 0.184. The zero-order chi connectivity index (χ0) is 15.8. The maximum absolute atomic E-state index is 12.7. The van der Waals surface area contributed by atoms with E-state index in [1.165, 1.54) is 10.4 Å². The summed E-state index contributed by atoms with van der Waals surface area (Å²) in [6.45, 7) is 3.79. The van der Waals surface area contributed by atoms with E-state index in [0.29, 0.717) is 6.54 Å². The van der Waals surface area contributed by atoms with Crippen molar-refractivity contribution in [3.63, 3.8) is 0 Å². The Balaban J connectivity index is 2.36. The van der Waals surface area contributed by atoms with Crippen LogP contribution in [0.2, 0.25) is 0 Å². The number of nitrogens with two attached hydrogens (primary N) is 1. The van der Waals surface area contributed by atoms with E-state index >= 15 is 0 Å². The Labute approximate surface area is 125 Å². The Morgan fingerprint density at radius 2 is 2.05 bits per heavy atom. The van der Waals surface area contributed by atoms with E-state index in [-0.39, 0.29) is 22.9 Å². The van der Waals surface area contributed by atoms with Gasteiger partial charge in [0.2, 0.25) is 10.0 Å². The van der Waals surface area contributed by atoms with E-state index in [1.807, 2.05) is 6.92 Å². The number of sulfonamides is 1. The molecule has 1 aliphatic heterocycles. The summed E-state index contributed by atoms with van der Waals surface area (Å²) in [7, 11) is -6.83. The van der Waals surface area contributed by atoms with Crippen LogP contribution in [0.4, 0.5) is 0 Å². The van der Waals surface area contributed by atoms with Gasteiger partial charge in [-0.05, 0) is 37.1 Å². The van der Waals surface area contributed by atoms with Crippen LogP contribution in [0, 0.1) is 6.92 Å². The topological polar surface area (TPSA) is 97.5 Å². The van der Waals surface area contributed by atoms with Gasteiger partial charge in [-0.3, -0.25) is 0 Å². The quantitative estimate of drug-likeness (QED) is 0.856. The summed E-state index contributed by atoms with van der Waals surface area (Å²) < 4.78 is 49.7. The lowest BCUT2D eigenvalue weighted by Gasteiger charge is -2.32. The van der Waals surface area contributed by atoms with Gasteiger partial charge < -0.3 is 5.73 Å². The largest absolute Gasteiger partial charge is 0.326 e. The summed E-state index contributed by atoms with van der Waals surface area (Å²) >= 11 is 0. The number of sulfone groups is 1. The fourth-order valence-corrected chi connectivity index (χ4v) is 6.02. The highest BCUT2D eigenvalue weighted by Gasteiger charge is 2.36. The molecule has 21 heavy (non-hydrogen) atoms. The summed E-state index contributed by atoms with van der Waals surface area (Å²) in [5, 5.41) is 0. The van der Waals surface area contributed by atoms with Crippen LogP contribution >= 0.6 is 0 Å². The van der Waals surface area contributed by atoms with Gasteiger partial charge >= 0.3 is 0 Å². The van der Waals surface area contributed by atoms with Crippen molar-refractivity contribution in [1.29, 1.82) is 0 Å². The van der Waals surface area contributed by atoms with Gasteiger partial charge in [-0.2, -0.15) is 4.31 Å². The number of aryl methyl sites for hydroxylation is 1. The molecule has 2 rings (SSSR count). The Bertz CT molecular complexity index is 741. The van der Waals surface area contributed by atoms with Crippen molar-refractivity contribution in [2.75, 3.05) is 18.1 Å². The van der Waals surface area contributed by atoms with Crippen LogP contribution in [-0.2, 0) is 26.4 Å². The zero-order valence-corrected chi connectivity index (χ0v) is 13.7. The molecular weight excluding hydrogens is 312 g/mol. The molecule has 1 aliphatic rings. The van der Waals surface area contributed by atoms with Crippen molar-refractivity contribution >= 4 is 19.9 Å². The van der Waals surface area contributed by atoms with Crippen molar-refractivity contribution in [3.05, 3.63) is 29.3 Å². The fourth-order valence-electron chi connectivity index (χ4n) is 2.53. The number of hydrogen-bond acceptors (Lipinski definition) is 5. The summed E-state index contributed by atoms with van der Waals surface area (Å²) in [5.41, 5.74) is 7.29. The van der Waals surface area contributed by atoms with E-state index < -0.39 is 25.9 Å². The minimum Gasteiger partial charge on any atom is -0.326 e. The molecule has 6 nitrogen and oxygen atoms in total.